The lowest BCUT2D eigenvalue weighted by Crippen LogP contribution is -2.73. The fourth-order valence-corrected chi connectivity index (χ4v) is 4.69. The molecule has 2 aliphatic heterocycles. The van der Waals surface area contributed by atoms with E-state index >= 15 is 0 Å². The first-order valence-electron chi connectivity index (χ1n) is 9.90. The maximum atomic E-state index is 12.6. The van der Waals surface area contributed by atoms with Gasteiger partial charge in [-0.05, 0) is 29.2 Å². The van der Waals surface area contributed by atoms with Crippen molar-refractivity contribution >= 4 is 11.8 Å². The number of benzene rings is 2. The van der Waals surface area contributed by atoms with Gasteiger partial charge in [0, 0.05) is 19.6 Å². The summed E-state index contributed by atoms with van der Waals surface area (Å²) in [6.45, 7) is 2.49. The Morgan fingerprint density at radius 3 is 2.55 bits per heavy atom. The molecular weight excluding hydrogens is 368 g/mol. The van der Waals surface area contributed by atoms with Gasteiger partial charge in [-0.25, -0.2) is 0 Å². The van der Waals surface area contributed by atoms with Crippen LogP contribution in [0.1, 0.15) is 17.0 Å². The van der Waals surface area contributed by atoms with E-state index in [1.54, 1.807) is 9.80 Å². The highest BCUT2D eigenvalue weighted by molar-refractivity contribution is 5.88. The Labute approximate surface area is 170 Å². The maximum Gasteiger partial charge on any atom is 0.249 e. The Morgan fingerprint density at radius 2 is 1.90 bits per heavy atom. The Morgan fingerprint density at radius 1 is 1.17 bits per heavy atom. The number of ether oxygens (including phenoxy) is 1. The number of aliphatic hydroxyl groups excluding tert-OH is 1. The van der Waals surface area contributed by atoms with E-state index in [-0.39, 0.29) is 49.6 Å². The summed E-state index contributed by atoms with van der Waals surface area (Å²) in [6, 6.07) is 16.2. The third-order valence-electron chi connectivity index (χ3n) is 6.12. The zero-order chi connectivity index (χ0) is 20.5. The van der Waals surface area contributed by atoms with Gasteiger partial charge < -0.3 is 19.6 Å². The van der Waals surface area contributed by atoms with Crippen molar-refractivity contribution in [3.63, 3.8) is 0 Å². The van der Waals surface area contributed by atoms with Gasteiger partial charge in [0.2, 0.25) is 11.8 Å². The minimum absolute atomic E-state index is 0.00742. The van der Waals surface area contributed by atoms with E-state index < -0.39 is 0 Å². The van der Waals surface area contributed by atoms with E-state index in [9.17, 15) is 14.7 Å². The molecular formula is C23H26N2O4. The third-order valence-corrected chi connectivity index (χ3v) is 6.12. The van der Waals surface area contributed by atoms with Crippen LogP contribution in [-0.4, -0.2) is 72.2 Å². The van der Waals surface area contributed by atoms with Crippen LogP contribution in [0.15, 0.2) is 48.5 Å². The third kappa shape index (κ3) is 3.43. The van der Waals surface area contributed by atoms with E-state index in [0.29, 0.717) is 6.54 Å². The molecule has 152 valence electrons. The molecule has 0 radical (unpaired) electrons. The minimum Gasteiger partial charge on any atom is -0.394 e. The molecule has 29 heavy (non-hydrogen) atoms. The molecule has 2 aliphatic rings. The van der Waals surface area contributed by atoms with Crippen LogP contribution in [0, 0.1) is 6.92 Å². The minimum atomic E-state index is -0.239. The fourth-order valence-electron chi connectivity index (χ4n) is 4.69. The number of hydrogen-bond donors (Lipinski definition) is 1. The topological polar surface area (TPSA) is 70.1 Å². The van der Waals surface area contributed by atoms with Crippen LogP contribution in [0.4, 0.5) is 0 Å². The van der Waals surface area contributed by atoms with Gasteiger partial charge in [0.1, 0.15) is 6.61 Å². The molecule has 2 amide bonds. The van der Waals surface area contributed by atoms with Gasteiger partial charge in [0.25, 0.3) is 0 Å². The van der Waals surface area contributed by atoms with E-state index in [0.717, 1.165) is 11.1 Å². The number of aliphatic hydroxyl groups is 1. The predicted molar refractivity (Wildman–Crippen MR) is 109 cm³/mol. The number of amides is 2. The maximum absolute atomic E-state index is 12.6. The molecule has 6 heteroatoms. The highest BCUT2D eigenvalue weighted by Crippen LogP contribution is 2.43. The number of hydrogen-bond acceptors (Lipinski definition) is 4. The number of fused-ring (bicyclic) bond motifs is 1. The largest absolute Gasteiger partial charge is 0.394 e. The summed E-state index contributed by atoms with van der Waals surface area (Å²) < 4.78 is 4.93. The second-order valence-electron chi connectivity index (χ2n) is 7.79. The first-order chi connectivity index (χ1) is 14.0. The molecule has 2 fully saturated rings. The van der Waals surface area contributed by atoms with Crippen LogP contribution >= 0.6 is 0 Å². The summed E-state index contributed by atoms with van der Waals surface area (Å²) in [7, 11) is 1.47. The average Bonchev–Trinajstić information content (AvgIpc) is 2.70. The number of nitrogens with zero attached hydrogens (tertiary/aromatic N) is 2. The molecule has 2 aromatic rings. The summed E-state index contributed by atoms with van der Waals surface area (Å²) in [4.78, 5) is 28.1. The molecule has 2 heterocycles. The zero-order valence-electron chi connectivity index (χ0n) is 16.7. The number of rotatable bonds is 5. The van der Waals surface area contributed by atoms with Gasteiger partial charge >= 0.3 is 0 Å². The average molecular weight is 394 g/mol. The van der Waals surface area contributed by atoms with Crippen LogP contribution in [0.2, 0.25) is 0 Å². The SMILES string of the molecule is COCC(=O)N1CC(=O)N2[C@H](CO)[C@@H](c3ccc(-c4ccccc4C)cc3)[C@H]2C1. The second-order valence-corrected chi connectivity index (χ2v) is 7.79. The Balaban J connectivity index is 1.58. The van der Waals surface area contributed by atoms with Crippen molar-refractivity contribution in [2.45, 2.75) is 24.9 Å². The van der Waals surface area contributed by atoms with Gasteiger partial charge in [0.15, 0.2) is 0 Å². The Kier molecular flexibility index (Phi) is 5.39. The standard InChI is InChI=1S/C23H26N2O4/c1-15-5-3-4-6-18(15)16-7-9-17(10-8-16)23-19-11-24(22(28)14-29-2)12-21(27)25(19)20(23)13-26/h3-10,19-20,23,26H,11-14H2,1-2H3/t19-,20-,23+/m1/s1. The first-order valence-corrected chi connectivity index (χ1v) is 9.90. The predicted octanol–water partition coefficient (Wildman–Crippen LogP) is 1.81. The highest BCUT2D eigenvalue weighted by Gasteiger charge is 2.54. The van der Waals surface area contributed by atoms with E-state index in [2.05, 4.69) is 43.3 Å². The lowest BCUT2D eigenvalue weighted by atomic mass is 9.73. The van der Waals surface area contributed by atoms with Gasteiger partial charge in [0.05, 0.1) is 25.2 Å². The molecule has 3 atom stereocenters. The van der Waals surface area contributed by atoms with E-state index in [4.69, 9.17) is 4.74 Å². The molecule has 0 aliphatic carbocycles. The molecule has 6 nitrogen and oxygen atoms in total. The lowest BCUT2D eigenvalue weighted by molar-refractivity contribution is -0.168. The van der Waals surface area contributed by atoms with Crippen LogP contribution < -0.4 is 0 Å². The van der Waals surface area contributed by atoms with Crippen molar-refractivity contribution in [1.82, 2.24) is 9.80 Å². The Bertz CT molecular complexity index is 911. The van der Waals surface area contributed by atoms with Crippen LogP contribution in [-0.2, 0) is 14.3 Å². The molecule has 0 saturated carbocycles. The van der Waals surface area contributed by atoms with Crippen molar-refractivity contribution in [2.24, 2.45) is 0 Å². The summed E-state index contributed by atoms with van der Waals surface area (Å²) >= 11 is 0. The number of carbonyl (C=O) groups is 2. The number of aryl methyl sites for hydroxylation is 1. The summed E-state index contributed by atoms with van der Waals surface area (Å²) in [5, 5.41) is 9.91. The van der Waals surface area contributed by atoms with Gasteiger partial charge in [-0.3, -0.25) is 9.59 Å². The number of methoxy groups -OCH3 is 1. The molecule has 0 unspecified atom stereocenters. The summed E-state index contributed by atoms with van der Waals surface area (Å²) in [5.74, 6) is -0.285. The molecule has 1 N–H and O–H groups in total. The van der Waals surface area contributed by atoms with Crippen molar-refractivity contribution < 1.29 is 19.4 Å². The fraction of sp³-hybridized carbons (Fsp3) is 0.391. The summed E-state index contributed by atoms with van der Waals surface area (Å²) in [5.41, 5.74) is 4.63. The van der Waals surface area contributed by atoms with Crippen molar-refractivity contribution in [1.29, 1.82) is 0 Å². The second kappa shape index (κ2) is 7.97. The van der Waals surface area contributed by atoms with Crippen molar-refractivity contribution in [2.75, 3.05) is 33.4 Å². The van der Waals surface area contributed by atoms with Gasteiger partial charge in [-0.15, -0.1) is 0 Å². The Hall–Kier alpha value is -2.70. The van der Waals surface area contributed by atoms with Gasteiger partial charge in [-0.2, -0.15) is 0 Å². The molecule has 2 aromatic carbocycles. The lowest BCUT2D eigenvalue weighted by Gasteiger charge is -2.58. The van der Waals surface area contributed by atoms with Crippen LogP contribution in [0.3, 0.4) is 0 Å². The molecule has 0 spiro atoms. The van der Waals surface area contributed by atoms with Crippen molar-refractivity contribution in [3.8, 4) is 11.1 Å². The molecule has 0 bridgehead atoms. The molecule has 0 aromatic heterocycles. The van der Waals surface area contributed by atoms with Crippen molar-refractivity contribution in [3.05, 3.63) is 59.7 Å². The zero-order valence-corrected chi connectivity index (χ0v) is 16.7. The number of piperazine rings is 1. The van der Waals surface area contributed by atoms with E-state index in [1.165, 1.54) is 18.2 Å². The van der Waals surface area contributed by atoms with Crippen LogP contribution in [0.25, 0.3) is 11.1 Å². The summed E-state index contributed by atoms with van der Waals surface area (Å²) in [6.07, 6.45) is 0. The normalized spacial score (nSPS) is 23.6. The molecule has 2 saturated heterocycles. The highest BCUT2D eigenvalue weighted by atomic mass is 16.5. The first kappa shape index (κ1) is 19.6. The smallest absolute Gasteiger partial charge is 0.249 e. The molecule has 4 rings (SSSR count). The van der Waals surface area contributed by atoms with Crippen LogP contribution in [0.5, 0.6) is 0 Å². The number of carbonyl (C=O) groups excluding carboxylic acids is 2. The quantitative estimate of drug-likeness (QED) is 0.840. The monoisotopic (exact) mass is 394 g/mol. The van der Waals surface area contributed by atoms with E-state index in [1.807, 2.05) is 12.1 Å². The van der Waals surface area contributed by atoms with Gasteiger partial charge in [-0.1, -0.05) is 48.5 Å².